The zero-order valence-corrected chi connectivity index (χ0v) is 8.19. The van der Waals surface area contributed by atoms with Gasteiger partial charge in [0.25, 0.3) is 0 Å². The second-order valence-electron chi connectivity index (χ2n) is 3.01. The Morgan fingerprint density at radius 2 is 1.79 bits per heavy atom. The van der Waals surface area contributed by atoms with E-state index in [1.54, 1.807) is 6.92 Å². The number of carbonyl (C=O) groups is 2. The molecular weight excluding hydrogens is 180 g/mol. The highest BCUT2D eigenvalue weighted by molar-refractivity contribution is 6.32. The van der Waals surface area contributed by atoms with Crippen LogP contribution in [0.3, 0.4) is 0 Å². The molecule has 14 heavy (non-hydrogen) atoms. The fraction of sp³-hybridized carbons (Fsp3) is 0.273. The standard InChI is InChI=1S/C11H12O3/c1-8(12)11(13)14-9(2)10-6-4-3-5-7-10/h3-7,9H,1-2H3. The summed E-state index contributed by atoms with van der Waals surface area (Å²) in [6.45, 7) is 2.93. The van der Waals surface area contributed by atoms with Crippen LogP contribution < -0.4 is 0 Å². The minimum absolute atomic E-state index is 0.382. The van der Waals surface area contributed by atoms with Gasteiger partial charge in [0.2, 0.25) is 5.78 Å². The van der Waals surface area contributed by atoms with Crippen LogP contribution in [0.15, 0.2) is 30.3 Å². The molecule has 0 radical (unpaired) electrons. The van der Waals surface area contributed by atoms with Crippen molar-refractivity contribution in [3.63, 3.8) is 0 Å². The second kappa shape index (κ2) is 4.56. The highest BCUT2D eigenvalue weighted by Crippen LogP contribution is 2.15. The van der Waals surface area contributed by atoms with Crippen molar-refractivity contribution in [3.05, 3.63) is 35.9 Å². The SMILES string of the molecule is CC(=O)C(=O)OC(C)c1ccccc1. The first-order valence-electron chi connectivity index (χ1n) is 4.37. The maximum absolute atomic E-state index is 11.0. The van der Waals surface area contributed by atoms with E-state index in [0.717, 1.165) is 5.56 Å². The van der Waals surface area contributed by atoms with Crippen LogP contribution in [0.25, 0.3) is 0 Å². The fourth-order valence-corrected chi connectivity index (χ4v) is 1.04. The Morgan fingerprint density at radius 1 is 1.21 bits per heavy atom. The van der Waals surface area contributed by atoms with Gasteiger partial charge in [-0.25, -0.2) is 4.79 Å². The minimum atomic E-state index is -0.790. The second-order valence-corrected chi connectivity index (χ2v) is 3.01. The predicted octanol–water partition coefficient (Wildman–Crippen LogP) is 1.88. The van der Waals surface area contributed by atoms with Gasteiger partial charge in [0.1, 0.15) is 6.10 Å². The summed E-state index contributed by atoms with van der Waals surface area (Å²) >= 11 is 0. The quantitative estimate of drug-likeness (QED) is 0.542. The largest absolute Gasteiger partial charge is 0.452 e. The first-order valence-corrected chi connectivity index (χ1v) is 4.37. The summed E-state index contributed by atoms with van der Waals surface area (Å²) in [7, 11) is 0. The highest BCUT2D eigenvalue weighted by atomic mass is 16.5. The summed E-state index contributed by atoms with van der Waals surface area (Å²) < 4.78 is 4.91. The molecule has 1 unspecified atom stereocenters. The normalized spacial score (nSPS) is 11.9. The van der Waals surface area contributed by atoms with Gasteiger partial charge in [0.05, 0.1) is 0 Å². The van der Waals surface area contributed by atoms with Gasteiger partial charge >= 0.3 is 5.97 Å². The Hall–Kier alpha value is -1.64. The Balaban J connectivity index is 2.64. The third kappa shape index (κ3) is 2.69. The van der Waals surface area contributed by atoms with Gasteiger partial charge in [-0.2, -0.15) is 0 Å². The molecule has 1 rings (SSSR count). The molecule has 0 aliphatic carbocycles. The van der Waals surface area contributed by atoms with Gasteiger partial charge in [0.15, 0.2) is 0 Å². The van der Waals surface area contributed by atoms with Gasteiger partial charge in [0, 0.05) is 6.92 Å². The Bertz CT molecular complexity index is 330. The van der Waals surface area contributed by atoms with Crippen molar-refractivity contribution in [2.75, 3.05) is 0 Å². The van der Waals surface area contributed by atoms with E-state index < -0.39 is 11.8 Å². The number of hydrogen-bond donors (Lipinski definition) is 0. The predicted molar refractivity (Wildman–Crippen MR) is 51.6 cm³/mol. The lowest BCUT2D eigenvalue weighted by molar-refractivity contribution is -0.156. The van der Waals surface area contributed by atoms with Crippen LogP contribution in [-0.4, -0.2) is 11.8 Å². The number of ketones is 1. The molecule has 0 aromatic heterocycles. The van der Waals surface area contributed by atoms with Crippen molar-refractivity contribution in [2.24, 2.45) is 0 Å². The van der Waals surface area contributed by atoms with Crippen molar-refractivity contribution in [1.82, 2.24) is 0 Å². The van der Waals surface area contributed by atoms with Crippen molar-refractivity contribution in [2.45, 2.75) is 20.0 Å². The molecule has 0 saturated carbocycles. The third-order valence-electron chi connectivity index (χ3n) is 1.84. The summed E-state index contributed by atoms with van der Waals surface area (Å²) in [6, 6.07) is 9.28. The van der Waals surface area contributed by atoms with Crippen LogP contribution in [0, 0.1) is 0 Å². The summed E-state index contributed by atoms with van der Waals surface area (Å²) in [4.78, 5) is 21.6. The zero-order valence-electron chi connectivity index (χ0n) is 8.19. The average molecular weight is 192 g/mol. The van der Waals surface area contributed by atoms with E-state index in [0.29, 0.717) is 0 Å². The van der Waals surface area contributed by atoms with Crippen LogP contribution in [0.2, 0.25) is 0 Å². The molecule has 3 nitrogen and oxygen atoms in total. The van der Waals surface area contributed by atoms with E-state index in [1.165, 1.54) is 6.92 Å². The number of carbonyl (C=O) groups excluding carboxylic acids is 2. The van der Waals surface area contributed by atoms with Crippen LogP contribution in [0.4, 0.5) is 0 Å². The molecule has 1 aromatic rings. The minimum Gasteiger partial charge on any atom is -0.452 e. The molecular formula is C11H12O3. The van der Waals surface area contributed by atoms with Gasteiger partial charge in [-0.05, 0) is 12.5 Å². The number of esters is 1. The van der Waals surface area contributed by atoms with Crippen LogP contribution in [0.1, 0.15) is 25.5 Å². The lowest BCUT2D eigenvalue weighted by atomic mass is 10.1. The monoisotopic (exact) mass is 192 g/mol. The molecule has 0 N–H and O–H groups in total. The Morgan fingerprint density at radius 3 is 2.29 bits per heavy atom. The van der Waals surface area contributed by atoms with Crippen LogP contribution in [-0.2, 0) is 14.3 Å². The average Bonchev–Trinajstić information content (AvgIpc) is 2.19. The number of Topliss-reactive ketones (excluding diaryl/α,β-unsaturated/α-hetero) is 1. The molecule has 74 valence electrons. The van der Waals surface area contributed by atoms with Crippen molar-refractivity contribution >= 4 is 11.8 Å². The first-order chi connectivity index (χ1) is 6.61. The molecule has 0 aliphatic rings. The van der Waals surface area contributed by atoms with Gasteiger partial charge < -0.3 is 4.74 Å². The summed E-state index contributed by atoms with van der Waals surface area (Å²) in [6.07, 6.45) is -0.382. The molecule has 0 bridgehead atoms. The number of rotatable bonds is 3. The molecule has 1 aromatic carbocycles. The summed E-state index contributed by atoms with van der Waals surface area (Å²) in [5.41, 5.74) is 0.877. The third-order valence-corrected chi connectivity index (χ3v) is 1.84. The molecule has 0 aliphatic heterocycles. The Kier molecular flexibility index (Phi) is 3.40. The summed E-state index contributed by atoms with van der Waals surface area (Å²) in [5.74, 6) is -1.37. The molecule has 1 atom stereocenters. The molecule has 0 saturated heterocycles. The van der Waals surface area contributed by atoms with E-state index in [1.807, 2.05) is 30.3 Å². The van der Waals surface area contributed by atoms with Gasteiger partial charge in [-0.15, -0.1) is 0 Å². The Labute approximate surface area is 82.7 Å². The van der Waals surface area contributed by atoms with Crippen molar-refractivity contribution in [3.8, 4) is 0 Å². The summed E-state index contributed by atoms with van der Waals surface area (Å²) in [5, 5.41) is 0. The lowest BCUT2D eigenvalue weighted by Crippen LogP contribution is -2.15. The van der Waals surface area contributed by atoms with E-state index in [9.17, 15) is 9.59 Å². The van der Waals surface area contributed by atoms with E-state index >= 15 is 0 Å². The number of ether oxygens (including phenoxy) is 1. The van der Waals surface area contributed by atoms with Crippen LogP contribution >= 0.6 is 0 Å². The maximum Gasteiger partial charge on any atom is 0.374 e. The van der Waals surface area contributed by atoms with Gasteiger partial charge in [-0.3, -0.25) is 4.79 Å². The maximum atomic E-state index is 11.0. The topological polar surface area (TPSA) is 43.4 Å². The molecule has 0 fully saturated rings. The molecule has 0 amide bonds. The molecule has 0 heterocycles. The van der Waals surface area contributed by atoms with Crippen LogP contribution in [0.5, 0.6) is 0 Å². The molecule has 0 spiro atoms. The smallest absolute Gasteiger partial charge is 0.374 e. The number of hydrogen-bond acceptors (Lipinski definition) is 3. The first kappa shape index (κ1) is 10.4. The lowest BCUT2D eigenvalue weighted by Gasteiger charge is -2.11. The fourth-order valence-electron chi connectivity index (χ4n) is 1.04. The molecule has 3 heteroatoms. The van der Waals surface area contributed by atoms with E-state index in [2.05, 4.69) is 0 Å². The highest BCUT2D eigenvalue weighted by Gasteiger charge is 2.14. The zero-order chi connectivity index (χ0) is 10.6. The van der Waals surface area contributed by atoms with Gasteiger partial charge in [-0.1, -0.05) is 30.3 Å². The van der Waals surface area contributed by atoms with Crippen molar-refractivity contribution in [1.29, 1.82) is 0 Å². The van der Waals surface area contributed by atoms with E-state index in [4.69, 9.17) is 4.74 Å². The van der Waals surface area contributed by atoms with E-state index in [-0.39, 0.29) is 6.10 Å². The van der Waals surface area contributed by atoms with Crippen molar-refractivity contribution < 1.29 is 14.3 Å². The number of benzene rings is 1.